The lowest BCUT2D eigenvalue weighted by Gasteiger charge is -2.10. The van der Waals surface area contributed by atoms with Crippen LogP contribution in [0.4, 0.5) is 0 Å². The summed E-state index contributed by atoms with van der Waals surface area (Å²) < 4.78 is 18.5. The quantitative estimate of drug-likeness (QED) is 0.523. The summed E-state index contributed by atoms with van der Waals surface area (Å²) in [7, 11) is 3.12. The average molecular weight is 443 g/mol. The van der Waals surface area contributed by atoms with E-state index in [2.05, 4.69) is 4.99 Å². The zero-order valence-electron chi connectivity index (χ0n) is 18.4. The SMILES string of the molecule is CCOC(=O)Cn1c(=NC(=O)Cc2ccc(C)cc2C)sc2c(OC)ccc(OC)c21. The van der Waals surface area contributed by atoms with E-state index in [0.29, 0.717) is 21.8 Å². The number of methoxy groups -OCH3 is 2. The highest BCUT2D eigenvalue weighted by Crippen LogP contribution is 2.35. The van der Waals surface area contributed by atoms with E-state index in [0.717, 1.165) is 21.4 Å². The molecule has 0 aliphatic carbocycles. The van der Waals surface area contributed by atoms with Gasteiger partial charge in [-0.15, -0.1) is 0 Å². The molecule has 0 spiro atoms. The molecule has 0 aliphatic rings. The van der Waals surface area contributed by atoms with E-state index >= 15 is 0 Å². The molecule has 0 N–H and O–H groups in total. The molecule has 0 saturated carbocycles. The first-order valence-electron chi connectivity index (χ1n) is 9.91. The van der Waals surface area contributed by atoms with Crippen LogP contribution < -0.4 is 14.3 Å². The molecule has 1 heterocycles. The normalized spacial score (nSPS) is 11.6. The largest absolute Gasteiger partial charge is 0.495 e. The van der Waals surface area contributed by atoms with Crippen LogP contribution in [-0.2, 0) is 27.3 Å². The zero-order chi connectivity index (χ0) is 22.5. The summed E-state index contributed by atoms with van der Waals surface area (Å²) in [4.78, 5) is 29.8. The number of nitrogens with zero attached hydrogens (tertiary/aromatic N) is 2. The molecule has 7 nitrogen and oxygen atoms in total. The molecule has 0 aliphatic heterocycles. The highest BCUT2D eigenvalue weighted by Gasteiger charge is 2.19. The standard InChI is InChI=1S/C23H26N2O5S/c1-6-30-20(27)13-25-21-17(28-4)9-10-18(29-5)22(21)31-23(25)24-19(26)12-16-8-7-14(2)11-15(16)3/h7-11H,6,12-13H2,1-5H3. The molecule has 3 rings (SSSR count). The van der Waals surface area contributed by atoms with E-state index in [4.69, 9.17) is 14.2 Å². The Balaban J connectivity index is 2.12. The lowest BCUT2D eigenvalue weighted by atomic mass is 10.0. The number of aryl methyl sites for hydroxylation is 2. The number of esters is 1. The van der Waals surface area contributed by atoms with Crippen molar-refractivity contribution in [3.05, 3.63) is 51.8 Å². The maximum Gasteiger partial charge on any atom is 0.326 e. The second kappa shape index (κ2) is 9.78. The Morgan fingerprint density at radius 2 is 1.77 bits per heavy atom. The van der Waals surface area contributed by atoms with Crippen molar-refractivity contribution in [1.29, 1.82) is 0 Å². The van der Waals surface area contributed by atoms with Gasteiger partial charge >= 0.3 is 5.97 Å². The van der Waals surface area contributed by atoms with E-state index in [1.807, 2.05) is 32.0 Å². The molecule has 0 bridgehead atoms. The van der Waals surface area contributed by atoms with Crippen LogP contribution in [0.15, 0.2) is 35.3 Å². The van der Waals surface area contributed by atoms with Crippen LogP contribution >= 0.6 is 11.3 Å². The smallest absolute Gasteiger partial charge is 0.326 e. The second-order valence-corrected chi connectivity index (χ2v) is 8.01. The van der Waals surface area contributed by atoms with Crippen LogP contribution in [0.1, 0.15) is 23.6 Å². The van der Waals surface area contributed by atoms with Gasteiger partial charge in [0.15, 0.2) is 4.80 Å². The van der Waals surface area contributed by atoms with Crippen molar-refractivity contribution in [1.82, 2.24) is 4.57 Å². The lowest BCUT2D eigenvalue weighted by molar-refractivity contribution is -0.143. The maximum atomic E-state index is 12.8. The van der Waals surface area contributed by atoms with Gasteiger partial charge in [0.05, 0.1) is 27.2 Å². The Morgan fingerprint density at radius 1 is 1.06 bits per heavy atom. The molecule has 0 unspecified atom stereocenters. The van der Waals surface area contributed by atoms with E-state index in [1.165, 1.54) is 11.3 Å². The van der Waals surface area contributed by atoms with Gasteiger partial charge in [-0.05, 0) is 44.0 Å². The molecule has 3 aromatic rings. The van der Waals surface area contributed by atoms with Crippen LogP contribution in [0.5, 0.6) is 11.5 Å². The molecule has 31 heavy (non-hydrogen) atoms. The van der Waals surface area contributed by atoms with Crippen molar-refractivity contribution in [3.63, 3.8) is 0 Å². The molecule has 2 aromatic carbocycles. The number of carbonyl (C=O) groups excluding carboxylic acids is 2. The minimum atomic E-state index is -0.421. The summed E-state index contributed by atoms with van der Waals surface area (Å²) in [6.07, 6.45) is 0.175. The van der Waals surface area contributed by atoms with Crippen molar-refractivity contribution in [3.8, 4) is 11.5 Å². The average Bonchev–Trinajstić information content (AvgIpc) is 3.07. The van der Waals surface area contributed by atoms with Crippen molar-refractivity contribution in [2.45, 2.75) is 33.7 Å². The first kappa shape index (κ1) is 22.6. The molecule has 1 aromatic heterocycles. The zero-order valence-corrected chi connectivity index (χ0v) is 19.2. The third-order valence-electron chi connectivity index (χ3n) is 4.84. The molecule has 0 saturated heterocycles. The van der Waals surface area contributed by atoms with Gasteiger partial charge in [0.25, 0.3) is 5.91 Å². The van der Waals surface area contributed by atoms with E-state index in [9.17, 15) is 9.59 Å². The maximum absolute atomic E-state index is 12.8. The third-order valence-corrected chi connectivity index (χ3v) is 5.94. The molecule has 0 atom stereocenters. The highest BCUT2D eigenvalue weighted by molar-refractivity contribution is 7.16. The van der Waals surface area contributed by atoms with Gasteiger partial charge in [0.1, 0.15) is 28.3 Å². The number of hydrogen-bond acceptors (Lipinski definition) is 6. The Labute approximate surface area is 184 Å². The highest BCUT2D eigenvalue weighted by atomic mass is 32.1. The summed E-state index contributed by atoms with van der Waals surface area (Å²) in [5.41, 5.74) is 3.75. The molecular formula is C23H26N2O5S. The van der Waals surface area contributed by atoms with Crippen LogP contribution in [0, 0.1) is 13.8 Å². The third kappa shape index (κ3) is 4.96. The number of ether oxygens (including phenoxy) is 3. The number of fused-ring (bicyclic) bond motifs is 1. The fraction of sp³-hybridized carbons (Fsp3) is 0.348. The molecule has 164 valence electrons. The molecular weight excluding hydrogens is 416 g/mol. The summed E-state index contributed by atoms with van der Waals surface area (Å²) >= 11 is 1.27. The van der Waals surface area contributed by atoms with Crippen molar-refractivity contribution in [2.24, 2.45) is 4.99 Å². The summed E-state index contributed by atoms with van der Waals surface area (Å²) in [6, 6.07) is 9.51. The number of aromatic nitrogens is 1. The van der Waals surface area contributed by atoms with Crippen LogP contribution in [-0.4, -0.2) is 37.3 Å². The Hall–Kier alpha value is -3.13. The summed E-state index contributed by atoms with van der Waals surface area (Å²) in [5.74, 6) is 0.450. The van der Waals surface area contributed by atoms with Gasteiger partial charge in [0.2, 0.25) is 0 Å². The molecule has 1 amide bonds. The van der Waals surface area contributed by atoms with Gasteiger partial charge in [-0.3, -0.25) is 9.59 Å². The molecule has 0 radical (unpaired) electrons. The first-order valence-corrected chi connectivity index (χ1v) is 10.7. The summed E-state index contributed by atoms with van der Waals surface area (Å²) in [5, 5.41) is 0. The van der Waals surface area contributed by atoms with Crippen LogP contribution in [0.25, 0.3) is 10.2 Å². The van der Waals surface area contributed by atoms with Gasteiger partial charge in [0, 0.05) is 0 Å². The predicted octanol–water partition coefficient (Wildman–Crippen LogP) is 3.57. The van der Waals surface area contributed by atoms with Gasteiger partial charge in [-0.2, -0.15) is 4.99 Å². The number of rotatable bonds is 7. The Bertz CT molecular complexity index is 1190. The van der Waals surface area contributed by atoms with Crippen LogP contribution in [0.3, 0.4) is 0 Å². The van der Waals surface area contributed by atoms with E-state index in [1.54, 1.807) is 37.8 Å². The number of amides is 1. The van der Waals surface area contributed by atoms with E-state index in [-0.39, 0.29) is 25.5 Å². The van der Waals surface area contributed by atoms with Gasteiger partial charge in [-0.1, -0.05) is 35.1 Å². The van der Waals surface area contributed by atoms with Gasteiger partial charge in [-0.25, -0.2) is 0 Å². The lowest BCUT2D eigenvalue weighted by Crippen LogP contribution is -2.23. The van der Waals surface area contributed by atoms with Crippen molar-refractivity contribution >= 4 is 33.4 Å². The fourth-order valence-corrected chi connectivity index (χ4v) is 4.53. The number of carbonyl (C=O) groups is 2. The predicted molar refractivity (Wildman–Crippen MR) is 120 cm³/mol. The van der Waals surface area contributed by atoms with Gasteiger partial charge < -0.3 is 18.8 Å². The van der Waals surface area contributed by atoms with Crippen molar-refractivity contribution in [2.75, 3.05) is 20.8 Å². The Kier molecular flexibility index (Phi) is 7.12. The monoisotopic (exact) mass is 442 g/mol. The topological polar surface area (TPSA) is 79.1 Å². The van der Waals surface area contributed by atoms with E-state index < -0.39 is 5.97 Å². The molecule has 8 heteroatoms. The Morgan fingerprint density at radius 3 is 2.42 bits per heavy atom. The number of thiazole rings is 1. The minimum Gasteiger partial charge on any atom is -0.495 e. The first-order chi connectivity index (χ1) is 14.9. The number of hydrogen-bond donors (Lipinski definition) is 0. The summed E-state index contributed by atoms with van der Waals surface area (Å²) in [6.45, 7) is 5.91. The second-order valence-electron chi connectivity index (χ2n) is 7.04. The minimum absolute atomic E-state index is 0.0902. The van der Waals surface area contributed by atoms with Crippen LogP contribution in [0.2, 0.25) is 0 Å². The van der Waals surface area contributed by atoms with Crippen molar-refractivity contribution < 1.29 is 23.8 Å². The number of benzene rings is 2. The molecule has 0 fully saturated rings. The fourth-order valence-electron chi connectivity index (χ4n) is 3.38.